The Morgan fingerprint density at radius 3 is 2.57 bits per heavy atom. The Morgan fingerprint density at radius 2 is 1.95 bits per heavy atom. The maximum absolute atomic E-state index is 12.5. The first-order valence-corrected chi connectivity index (χ1v) is 8.89. The molecule has 0 aromatic heterocycles. The molecule has 1 saturated heterocycles. The summed E-state index contributed by atoms with van der Waals surface area (Å²) in [5, 5.41) is 6.83. The molecule has 1 saturated carbocycles. The van der Waals surface area contributed by atoms with Crippen LogP contribution in [-0.2, 0) is 4.79 Å². The zero-order valence-electron chi connectivity index (χ0n) is 14.0. The van der Waals surface area contributed by atoms with E-state index in [9.17, 15) is 4.79 Å². The van der Waals surface area contributed by atoms with E-state index in [0.29, 0.717) is 18.0 Å². The van der Waals surface area contributed by atoms with Gasteiger partial charge in [-0.1, -0.05) is 33.1 Å². The van der Waals surface area contributed by atoms with Gasteiger partial charge in [0.2, 0.25) is 5.91 Å². The molecule has 2 rings (SSSR count). The summed E-state index contributed by atoms with van der Waals surface area (Å²) in [5.74, 6) is 0.847. The molecule has 1 amide bonds. The minimum absolute atomic E-state index is 0.0111. The van der Waals surface area contributed by atoms with Gasteiger partial charge in [0.25, 0.3) is 0 Å². The zero-order valence-corrected chi connectivity index (χ0v) is 14.0. The molecule has 0 spiro atoms. The summed E-state index contributed by atoms with van der Waals surface area (Å²) in [6.07, 6.45) is 7.34. The molecular weight excluding hydrogens is 262 g/mol. The highest BCUT2D eigenvalue weighted by molar-refractivity contribution is 5.81. The summed E-state index contributed by atoms with van der Waals surface area (Å²) >= 11 is 0. The number of hydrogen-bond donors (Lipinski definition) is 2. The first-order valence-electron chi connectivity index (χ1n) is 8.89. The van der Waals surface area contributed by atoms with Gasteiger partial charge in [-0.2, -0.15) is 0 Å². The van der Waals surface area contributed by atoms with E-state index in [4.69, 9.17) is 0 Å². The Hall–Kier alpha value is -0.610. The van der Waals surface area contributed by atoms with Gasteiger partial charge >= 0.3 is 0 Å². The van der Waals surface area contributed by atoms with Crippen molar-refractivity contribution in [1.29, 1.82) is 0 Å². The summed E-state index contributed by atoms with van der Waals surface area (Å²) < 4.78 is 0. The Kier molecular flexibility index (Phi) is 6.49. The van der Waals surface area contributed by atoms with Gasteiger partial charge < -0.3 is 10.6 Å². The maximum Gasteiger partial charge on any atom is 0.237 e. The minimum atomic E-state index is 0.0111. The van der Waals surface area contributed by atoms with Gasteiger partial charge in [0.1, 0.15) is 0 Å². The molecule has 4 nitrogen and oxygen atoms in total. The largest absolute Gasteiger partial charge is 0.352 e. The molecule has 4 heteroatoms. The van der Waals surface area contributed by atoms with Crippen molar-refractivity contribution in [1.82, 2.24) is 15.5 Å². The predicted molar refractivity (Wildman–Crippen MR) is 87.3 cm³/mol. The SMILES string of the molecule is CCNC1CCN(C(C)C(=O)NC2CCCCC2)CC1C. The van der Waals surface area contributed by atoms with E-state index in [-0.39, 0.29) is 11.9 Å². The number of nitrogens with one attached hydrogen (secondary N) is 2. The fourth-order valence-corrected chi connectivity index (χ4v) is 3.83. The summed E-state index contributed by atoms with van der Waals surface area (Å²) in [6.45, 7) is 9.62. The van der Waals surface area contributed by atoms with Crippen LogP contribution in [0.4, 0.5) is 0 Å². The summed E-state index contributed by atoms with van der Waals surface area (Å²) in [6, 6.07) is 1.04. The number of piperidine rings is 1. The van der Waals surface area contributed by atoms with E-state index in [1.807, 2.05) is 0 Å². The summed E-state index contributed by atoms with van der Waals surface area (Å²) in [5.41, 5.74) is 0. The molecule has 2 aliphatic rings. The van der Waals surface area contributed by atoms with E-state index in [0.717, 1.165) is 38.9 Å². The molecule has 0 aromatic rings. The Balaban J connectivity index is 1.79. The van der Waals surface area contributed by atoms with Gasteiger partial charge in [-0.05, 0) is 38.6 Å². The van der Waals surface area contributed by atoms with Crippen LogP contribution >= 0.6 is 0 Å². The van der Waals surface area contributed by atoms with Gasteiger partial charge in [0.05, 0.1) is 6.04 Å². The van der Waals surface area contributed by atoms with E-state index in [2.05, 4.69) is 36.3 Å². The van der Waals surface area contributed by atoms with Gasteiger partial charge in [0, 0.05) is 25.2 Å². The van der Waals surface area contributed by atoms with E-state index >= 15 is 0 Å². The normalized spacial score (nSPS) is 30.0. The molecule has 1 aliphatic carbocycles. The number of carbonyl (C=O) groups is 1. The Morgan fingerprint density at radius 1 is 1.24 bits per heavy atom. The predicted octanol–water partition coefficient (Wildman–Crippen LogP) is 2.14. The van der Waals surface area contributed by atoms with E-state index < -0.39 is 0 Å². The molecular formula is C17H33N3O. The second kappa shape index (κ2) is 8.14. The van der Waals surface area contributed by atoms with Gasteiger partial charge in [-0.3, -0.25) is 9.69 Å². The van der Waals surface area contributed by atoms with Crippen LogP contribution in [0.15, 0.2) is 0 Å². The van der Waals surface area contributed by atoms with Crippen LogP contribution in [0.25, 0.3) is 0 Å². The molecule has 0 radical (unpaired) electrons. The van der Waals surface area contributed by atoms with Crippen molar-refractivity contribution in [2.24, 2.45) is 5.92 Å². The lowest BCUT2D eigenvalue weighted by Gasteiger charge is -2.40. The van der Waals surface area contributed by atoms with Gasteiger partial charge in [-0.25, -0.2) is 0 Å². The molecule has 122 valence electrons. The topological polar surface area (TPSA) is 44.4 Å². The number of likely N-dealkylation sites (tertiary alicyclic amines) is 1. The number of amides is 1. The monoisotopic (exact) mass is 295 g/mol. The van der Waals surface area contributed by atoms with Crippen molar-refractivity contribution in [3.05, 3.63) is 0 Å². The summed E-state index contributed by atoms with van der Waals surface area (Å²) in [7, 11) is 0. The lowest BCUT2D eigenvalue weighted by atomic mass is 9.92. The maximum atomic E-state index is 12.5. The molecule has 0 bridgehead atoms. The third-order valence-electron chi connectivity index (χ3n) is 5.28. The van der Waals surface area contributed by atoms with Crippen LogP contribution in [0.5, 0.6) is 0 Å². The smallest absolute Gasteiger partial charge is 0.237 e. The lowest BCUT2D eigenvalue weighted by molar-refractivity contribution is -0.127. The highest BCUT2D eigenvalue weighted by Crippen LogP contribution is 2.20. The number of carbonyl (C=O) groups excluding carboxylic acids is 1. The minimum Gasteiger partial charge on any atom is -0.352 e. The van der Waals surface area contributed by atoms with Crippen molar-refractivity contribution in [3.8, 4) is 0 Å². The number of hydrogen-bond acceptors (Lipinski definition) is 3. The molecule has 1 aliphatic heterocycles. The van der Waals surface area contributed by atoms with Crippen LogP contribution in [-0.4, -0.2) is 48.6 Å². The first kappa shape index (κ1) is 16.8. The van der Waals surface area contributed by atoms with E-state index in [1.165, 1.54) is 19.3 Å². The van der Waals surface area contributed by atoms with Crippen LogP contribution in [0.3, 0.4) is 0 Å². The molecule has 21 heavy (non-hydrogen) atoms. The van der Waals surface area contributed by atoms with Crippen LogP contribution in [0.1, 0.15) is 59.3 Å². The highest BCUT2D eigenvalue weighted by Gasteiger charge is 2.31. The van der Waals surface area contributed by atoms with Crippen molar-refractivity contribution >= 4 is 5.91 Å². The molecule has 3 atom stereocenters. The van der Waals surface area contributed by atoms with Crippen LogP contribution in [0, 0.1) is 5.92 Å². The zero-order chi connectivity index (χ0) is 15.2. The highest BCUT2D eigenvalue weighted by atomic mass is 16.2. The van der Waals surface area contributed by atoms with E-state index in [1.54, 1.807) is 0 Å². The van der Waals surface area contributed by atoms with Crippen molar-refractivity contribution in [2.75, 3.05) is 19.6 Å². The van der Waals surface area contributed by atoms with Crippen LogP contribution < -0.4 is 10.6 Å². The number of rotatable bonds is 5. The molecule has 3 unspecified atom stereocenters. The third-order valence-corrected chi connectivity index (χ3v) is 5.28. The second-order valence-electron chi connectivity index (χ2n) is 6.94. The van der Waals surface area contributed by atoms with Gasteiger partial charge in [-0.15, -0.1) is 0 Å². The first-order chi connectivity index (χ1) is 10.1. The summed E-state index contributed by atoms with van der Waals surface area (Å²) in [4.78, 5) is 14.8. The fourth-order valence-electron chi connectivity index (χ4n) is 3.83. The molecule has 1 heterocycles. The van der Waals surface area contributed by atoms with Crippen molar-refractivity contribution < 1.29 is 4.79 Å². The lowest BCUT2D eigenvalue weighted by Crippen LogP contribution is -2.55. The van der Waals surface area contributed by atoms with Crippen LogP contribution in [0.2, 0.25) is 0 Å². The van der Waals surface area contributed by atoms with Gasteiger partial charge in [0.15, 0.2) is 0 Å². The standard InChI is InChI=1S/C17H33N3O/c1-4-18-16-10-11-20(12-13(16)2)14(3)17(21)19-15-8-6-5-7-9-15/h13-16,18H,4-12H2,1-3H3,(H,19,21). The van der Waals surface area contributed by atoms with Crippen molar-refractivity contribution in [2.45, 2.75) is 77.4 Å². The Bertz CT molecular complexity index is 328. The Labute approximate surface area is 130 Å². The quantitative estimate of drug-likeness (QED) is 0.817. The number of nitrogens with zero attached hydrogens (tertiary/aromatic N) is 1. The fraction of sp³-hybridized carbons (Fsp3) is 0.941. The molecule has 2 fully saturated rings. The molecule has 0 aromatic carbocycles. The average Bonchev–Trinajstić information content (AvgIpc) is 2.49. The third kappa shape index (κ3) is 4.68. The molecule has 2 N–H and O–H groups in total. The van der Waals surface area contributed by atoms with Crippen molar-refractivity contribution in [3.63, 3.8) is 0 Å². The second-order valence-corrected chi connectivity index (χ2v) is 6.94. The average molecular weight is 295 g/mol.